The molecule has 1 aromatic heterocycles. The first-order valence-corrected chi connectivity index (χ1v) is 11.7. The molecule has 0 radical (unpaired) electrons. The van der Waals surface area contributed by atoms with Crippen LogP contribution in [0.15, 0.2) is 30.6 Å². The third kappa shape index (κ3) is 7.60. The van der Waals surface area contributed by atoms with Crippen LogP contribution in [0, 0.1) is 5.92 Å². The maximum absolute atomic E-state index is 11.4. The van der Waals surface area contributed by atoms with Crippen LogP contribution in [0.5, 0.6) is 6.01 Å². The van der Waals surface area contributed by atoms with Gasteiger partial charge in [-0.15, -0.1) is 0 Å². The first kappa shape index (κ1) is 24.8. The number of carboxylic acid groups (broad SMARTS) is 1. The predicted molar refractivity (Wildman–Crippen MR) is 129 cm³/mol. The molecule has 8 nitrogen and oxygen atoms in total. The molecule has 2 aromatic rings. The van der Waals surface area contributed by atoms with Gasteiger partial charge in [-0.3, -0.25) is 4.79 Å². The molecule has 3 rings (SSSR count). The molecule has 8 heteroatoms. The fourth-order valence-electron chi connectivity index (χ4n) is 3.96. The summed E-state index contributed by atoms with van der Waals surface area (Å²) in [5.74, 6) is -0.262. The summed E-state index contributed by atoms with van der Waals surface area (Å²) < 4.78 is 5.34. The molecule has 1 heterocycles. The summed E-state index contributed by atoms with van der Waals surface area (Å²) in [7, 11) is 0. The Morgan fingerprint density at radius 2 is 1.97 bits per heavy atom. The highest BCUT2D eigenvalue weighted by atomic mass is 16.5. The predicted octanol–water partition coefficient (Wildman–Crippen LogP) is 4.57. The third-order valence-corrected chi connectivity index (χ3v) is 5.68. The van der Waals surface area contributed by atoms with Crippen LogP contribution in [-0.2, 0) is 4.79 Å². The summed E-state index contributed by atoms with van der Waals surface area (Å²) in [6, 6.07) is 6.39. The zero-order valence-electron chi connectivity index (χ0n) is 20.0. The van der Waals surface area contributed by atoms with Crippen LogP contribution in [0.1, 0.15) is 64.9 Å². The Balaban J connectivity index is 1.97. The smallest absolute Gasteiger partial charge is 0.316 e. The molecule has 3 N–H and O–H groups in total. The van der Waals surface area contributed by atoms with E-state index >= 15 is 0 Å². The number of aromatic nitrogens is 2. The quantitative estimate of drug-likeness (QED) is 0.402. The highest BCUT2D eigenvalue weighted by Gasteiger charge is 2.29. The van der Waals surface area contributed by atoms with Crippen molar-refractivity contribution in [2.24, 2.45) is 5.92 Å². The van der Waals surface area contributed by atoms with Crippen molar-refractivity contribution >= 4 is 23.0 Å². The first-order chi connectivity index (χ1) is 15.7. The van der Waals surface area contributed by atoms with E-state index in [0.29, 0.717) is 30.8 Å². The third-order valence-electron chi connectivity index (χ3n) is 5.68. The summed E-state index contributed by atoms with van der Waals surface area (Å²) in [4.78, 5) is 22.1. The van der Waals surface area contributed by atoms with Crippen molar-refractivity contribution in [1.29, 1.82) is 0 Å². The minimum atomic E-state index is -0.859. The van der Waals surface area contributed by atoms with E-state index in [-0.39, 0.29) is 12.3 Å². The highest BCUT2D eigenvalue weighted by Crippen LogP contribution is 2.38. The molecular formula is C25H36N4O4. The standard InChI is InChI=1S/C25H36N4O4/c1-5-18(12-23(30)31)19-9-10-22(29(15-17-7-8-17)16-25(3,4)32)21(11-19)28-20-13-26-24(27-14-20)33-6-2/h9-11,13-14,17-18,28,32H,5-8,12,15-16H2,1-4H3,(H,30,31)/t18-/m0/s1. The fraction of sp³-hybridized carbons (Fsp3) is 0.560. The number of nitrogens with one attached hydrogen (secondary N) is 1. The van der Waals surface area contributed by atoms with Crippen molar-refractivity contribution in [3.8, 4) is 6.01 Å². The van der Waals surface area contributed by atoms with Gasteiger partial charge in [0.2, 0.25) is 0 Å². The molecule has 1 saturated carbocycles. The summed E-state index contributed by atoms with van der Waals surface area (Å²) in [6.45, 7) is 9.36. The second-order valence-electron chi connectivity index (χ2n) is 9.43. The Hall–Kier alpha value is -2.87. The van der Waals surface area contributed by atoms with Crippen molar-refractivity contribution in [3.63, 3.8) is 0 Å². The van der Waals surface area contributed by atoms with Crippen molar-refractivity contribution in [2.45, 2.75) is 64.9 Å². The molecule has 1 atom stereocenters. The van der Waals surface area contributed by atoms with Gasteiger partial charge in [0.25, 0.3) is 0 Å². The maximum Gasteiger partial charge on any atom is 0.316 e. The van der Waals surface area contributed by atoms with E-state index in [9.17, 15) is 15.0 Å². The minimum Gasteiger partial charge on any atom is -0.481 e. The van der Waals surface area contributed by atoms with E-state index in [1.54, 1.807) is 12.4 Å². The fourth-order valence-corrected chi connectivity index (χ4v) is 3.96. The van der Waals surface area contributed by atoms with Crippen LogP contribution < -0.4 is 15.0 Å². The number of anilines is 3. The Labute approximate surface area is 196 Å². The number of rotatable bonds is 13. The number of aliphatic hydroxyl groups is 1. The van der Waals surface area contributed by atoms with E-state index in [4.69, 9.17) is 4.74 Å². The molecule has 0 spiro atoms. The van der Waals surface area contributed by atoms with Gasteiger partial charge in [-0.25, -0.2) is 9.97 Å². The molecule has 1 aliphatic carbocycles. The van der Waals surface area contributed by atoms with Gasteiger partial charge in [0.1, 0.15) is 0 Å². The van der Waals surface area contributed by atoms with Crippen LogP contribution in [0.3, 0.4) is 0 Å². The second kappa shape index (κ2) is 10.8. The number of aliphatic carboxylic acids is 1. The molecule has 0 aliphatic heterocycles. The number of carbonyl (C=O) groups is 1. The van der Waals surface area contributed by atoms with Gasteiger partial charge in [-0.1, -0.05) is 13.0 Å². The Morgan fingerprint density at radius 1 is 1.27 bits per heavy atom. The molecule has 33 heavy (non-hydrogen) atoms. The zero-order chi connectivity index (χ0) is 24.0. The number of ether oxygens (including phenoxy) is 1. The number of benzene rings is 1. The summed E-state index contributed by atoms with van der Waals surface area (Å²) >= 11 is 0. The lowest BCUT2D eigenvalue weighted by Gasteiger charge is -2.33. The van der Waals surface area contributed by atoms with E-state index in [1.807, 2.05) is 45.9 Å². The largest absolute Gasteiger partial charge is 0.481 e. The van der Waals surface area contributed by atoms with Crippen LogP contribution in [0.25, 0.3) is 0 Å². The van der Waals surface area contributed by atoms with E-state index < -0.39 is 11.6 Å². The summed E-state index contributed by atoms with van der Waals surface area (Å²) in [5.41, 5.74) is 2.62. The maximum atomic E-state index is 11.4. The molecule has 0 bridgehead atoms. The van der Waals surface area contributed by atoms with E-state index in [0.717, 1.165) is 29.9 Å². The summed E-state index contributed by atoms with van der Waals surface area (Å²) in [6.07, 6.45) is 6.55. The SMILES string of the molecule is CCOc1ncc(Nc2cc([C@@H](CC)CC(=O)O)ccc2N(CC2CC2)CC(C)(C)O)cn1. The molecular weight excluding hydrogens is 420 g/mol. The molecule has 1 aliphatic rings. The number of hydrogen-bond donors (Lipinski definition) is 3. The molecule has 180 valence electrons. The highest BCUT2D eigenvalue weighted by molar-refractivity contribution is 5.76. The monoisotopic (exact) mass is 456 g/mol. The Kier molecular flexibility index (Phi) is 8.13. The topological polar surface area (TPSA) is 108 Å². The zero-order valence-corrected chi connectivity index (χ0v) is 20.0. The van der Waals surface area contributed by atoms with Crippen LogP contribution in [0.4, 0.5) is 17.1 Å². The molecule has 0 amide bonds. The van der Waals surface area contributed by atoms with Crippen molar-refractivity contribution in [2.75, 3.05) is 29.9 Å². The lowest BCUT2D eigenvalue weighted by Crippen LogP contribution is -2.40. The average Bonchev–Trinajstić information content (AvgIpc) is 3.56. The average molecular weight is 457 g/mol. The number of hydrogen-bond acceptors (Lipinski definition) is 7. The van der Waals surface area contributed by atoms with Gasteiger partial charge in [-0.2, -0.15) is 0 Å². The number of carboxylic acids is 1. The molecule has 0 unspecified atom stereocenters. The van der Waals surface area contributed by atoms with Crippen molar-refractivity contribution in [1.82, 2.24) is 9.97 Å². The van der Waals surface area contributed by atoms with Crippen molar-refractivity contribution < 1.29 is 19.7 Å². The second-order valence-corrected chi connectivity index (χ2v) is 9.43. The van der Waals surface area contributed by atoms with E-state index in [2.05, 4.69) is 20.2 Å². The first-order valence-electron chi connectivity index (χ1n) is 11.7. The molecule has 1 fully saturated rings. The lowest BCUT2D eigenvalue weighted by molar-refractivity contribution is -0.137. The van der Waals surface area contributed by atoms with Gasteiger partial charge in [0, 0.05) is 13.1 Å². The minimum absolute atomic E-state index is 0.0803. The van der Waals surface area contributed by atoms with Gasteiger partial charge < -0.3 is 25.2 Å². The van der Waals surface area contributed by atoms with Crippen molar-refractivity contribution in [3.05, 3.63) is 36.2 Å². The molecule has 1 aromatic carbocycles. The Bertz CT molecular complexity index is 923. The van der Waals surface area contributed by atoms with Gasteiger partial charge >= 0.3 is 12.0 Å². The van der Waals surface area contributed by atoms with Crippen LogP contribution in [0.2, 0.25) is 0 Å². The summed E-state index contributed by atoms with van der Waals surface area (Å²) in [5, 5.41) is 23.3. The van der Waals surface area contributed by atoms with Gasteiger partial charge in [0.15, 0.2) is 0 Å². The normalized spacial score (nSPS) is 14.6. The molecule has 0 saturated heterocycles. The number of nitrogens with zero attached hydrogens (tertiary/aromatic N) is 3. The van der Waals surface area contributed by atoms with Gasteiger partial charge in [-0.05, 0) is 69.6 Å². The Morgan fingerprint density at radius 3 is 2.52 bits per heavy atom. The van der Waals surface area contributed by atoms with Gasteiger partial charge in [0.05, 0.1) is 48.1 Å². The van der Waals surface area contributed by atoms with Crippen LogP contribution >= 0.6 is 0 Å². The van der Waals surface area contributed by atoms with Crippen LogP contribution in [-0.4, -0.2) is 51.4 Å². The lowest BCUT2D eigenvalue weighted by atomic mass is 9.92. The van der Waals surface area contributed by atoms with E-state index in [1.165, 1.54) is 12.8 Å².